The summed E-state index contributed by atoms with van der Waals surface area (Å²) in [5, 5.41) is 7.15. The molecule has 1 aromatic carbocycles. The zero-order valence-electron chi connectivity index (χ0n) is 15.5. The van der Waals surface area contributed by atoms with Crippen molar-refractivity contribution in [3.8, 4) is 0 Å². The van der Waals surface area contributed by atoms with E-state index < -0.39 is 0 Å². The van der Waals surface area contributed by atoms with Crippen molar-refractivity contribution in [3.05, 3.63) is 30.3 Å². The smallest absolute Gasteiger partial charge is 0.191 e. The van der Waals surface area contributed by atoms with Crippen LogP contribution in [0.3, 0.4) is 0 Å². The molecule has 2 rings (SSSR count). The Bertz CT molecular complexity index is 507. The molecule has 1 aromatic rings. The van der Waals surface area contributed by atoms with Crippen molar-refractivity contribution < 1.29 is 9.47 Å². The van der Waals surface area contributed by atoms with Crippen LogP contribution in [-0.4, -0.2) is 56.3 Å². The molecule has 1 aliphatic rings. The van der Waals surface area contributed by atoms with Gasteiger partial charge in [-0.25, -0.2) is 0 Å². The summed E-state index contributed by atoms with van der Waals surface area (Å²) in [4.78, 5) is 6.00. The van der Waals surface area contributed by atoms with Crippen LogP contribution in [0.15, 0.2) is 40.2 Å². The highest BCUT2D eigenvalue weighted by Gasteiger charge is 2.17. The highest BCUT2D eigenvalue weighted by molar-refractivity contribution is 8.00. The van der Waals surface area contributed by atoms with Gasteiger partial charge < -0.3 is 20.1 Å². The van der Waals surface area contributed by atoms with E-state index in [9.17, 15) is 0 Å². The second-order valence-corrected chi connectivity index (χ2v) is 7.84. The lowest BCUT2D eigenvalue weighted by molar-refractivity contribution is 0.0347. The molecule has 0 saturated carbocycles. The van der Waals surface area contributed by atoms with Gasteiger partial charge in [0.2, 0.25) is 0 Å². The van der Waals surface area contributed by atoms with Crippen LogP contribution in [0.1, 0.15) is 27.2 Å². The van der Waals surface area contributed by atoms with Crippen molar-refractivity contribution in [2.24, 2.45) is 4.99 Å². The Balaban J connectivity index is 1.76. The molecule has 1 saturated heterocycles. The van der Waals surface area contributed by atoms with Crippen molar-refractivity contribution in [1.82, 2.24) is 10.6 Å². The Hall–Kier alpha value is -1.24. The number of benzene rings is 1. The number of rotatable bonds is 9. The third-order valence-electron chi connectivity index (χ3n) is 3.78. The zero-order valence-corrected chi connectivity index (χ0v) is 16.3. The van der Waals surface area contributed by atoms with E-state index >= 15 is 0 Å². The highest BCUT2D eigenvalue weighted by atomic mass is 32.2. The first-order chi connectivity index (χ1) is 12.2. The van der Waals surface area contributed by atoms with Gasteiger partial charge in [-0.05, 0) is 32.4 Å². The number of thioether (sulfide) groups is 1. The van der Waals surface area contributed by atoms with Gasteiger partial charge in [0.25, 0.3) is 0 Å². The quantitative estimate of drug-likeness (QED) is 0.400. The van der Waals surface area contributed by atoms with Gasteiger partial charge >= 0.3 is 0 Å². The molecule has 0 amide bonds. The molecule has 0 radical (unpaired) electrons. The summed E-state index contributed by atoms with van der Waals surface area (Å²) in [6.07, 6.45) is 1.24. The van der Waals surface area contributed by atoms with Crippen molar-refractivity contribution >= 4 is 17.7 Å². The molecule has 140 valence electrons. The lowest BCUT2D eigenvalue weighted by Crippen LogP contribution is -2.44. The fraction of sp³-hybridized carbons (Fsp3) is 0.632. The van der Waals surface area contributed by atoms with Crippen molar-refractivity contribution in [2.45, 2.75) is 49.5 Å². The maximum Gasteiger partial charge on any atom is 0.191 e. The molecule has 1 fully saturated rings. The lowest BCUT2D eigenvalue weighted by atomic mass is 10.3. The van der Waals surface area contributed by atoms with Crippen LogP contribution in [-0.2, 0) is 9.47 Å². The molecule has 5 nitrogen and oxygen atoms in total. The summed E-state index contributed by atoms with van der Waals surface area (Å²) in [6.45, 7) is 10.2. The average molecular weight is 366 g/mol. The van der Waals surface area contributed by atoms with E-state index in [4.69, 9.17) is 14.5 Å². The number of ether oxygens (including phenoxy) is 2. The van der Waals surface area contributed by atoms with Crippen LogP contribution in [0.4, 0.5) is 0 Å². The minimum Gasteiger partial charge on any atom is -0.379 e. The third-order valence-corrected chi connectivity index (χ3v) is 4.88. The maximum atomic E-state index is 5.87. The zero-order chi connectivity index (χ0) is 17.9. The van der Waals surface area contributed by atoms with Crippen molar-refractivity contribution in [1.29, 1.82) is 0 Å². The summed E-state index contributed by atoms with van der Waals surface area (Å²) in [6, 6.07) is 10.7. The Morgan fingerprint density at radius 1 is 1.36 bits per heavy atom. The Morgan fingerprint density at radius 3 is 2.84 bits per heavy atom. The van der Waals surface area contributed by atoms with Crippen molar-refractivity contribution in [3.63, 3.8) is 0 Å². The van der Waals surface area contributed by atoms with E-state index in [0.29, 0.717) is 11.9 Å². The molecule has 0 aliphatic carbocycles. The molecule has 6 heteroatoms. The Labute approximate surface area is 156 Å². The SMILES string of the molecule is CCNC(=NCC(C)Sc1ccccc1)NC(C)COC1CCOC1. The molecule has 3 atom stereocenters. The van der Waals surface area contributed by atoms with Crippen LogP contribution in [0.25, 0.3) is 0 Å². The second kappa shape index (κ2) is 11.4. The number of hydrogen-bond donors (Lipinski definition) is 2. The molecular formula is C19H31N3O2S. The van der Waals surface area contributed by atoms with E-state index in [0.717, 1.165) is 38.7 Å². The van der Waals surface area contributed by atoms with E-state index in [1.165, 1.54) is 4.90 Å². The van der Waals surface area contributed by atoms with Crippen LogP contribution in [0.2, 0.25) is 0 Å². The second-order valence-electron chi connectivity index (χ2n) is 6.33. The summed E-state index contributed by atoms with van der Waals surface area (Å²) in [5.74, 6) is 0.849. The Kier molecular flexibility index (Phi) is 9.15. The van der Waals surface area contributed by atoms with Gasteiger partial charge in [0.1, 0.15) is 0 Å². The molecule has 0 spiro atoms. The average Bonchev–Trinajstić information content (AvgIpc) is 3.12. The molecule has 25 heavy (non-hydrogen) atoms. The number of aliphatic imine (C=N–C) groups is 1. The fourth-order valence-corrected chi connectivity index (χ4v) is 3.44. The summed E-state index contributed by atoms with van der Waals surface area (Å²) in [7, 11) is 0. The van der Waals surface area contributed by atoms with Gasteiger partial charge in [0.05, 0.1) is 25.9 Å². The van der Waals surface area contributed by atoms with Gasteiger partial charge in [0, 0.05) is 29.3 Å². The molecule has 0 aromatic heterocycles. The van der Waals surface area contributed by atoms with Gasteiger partial charge in [-0.1, -0.05) is 25.1 Å². The van der Waals surface area contributed by atoms with Crippen LogP contribution in [0, 0.1) is 0 Å². The van der Waals surface area contributed by atoms with E-state index in [1.54, 1.807) is 0 Å². The normalized spacial score (nSPS) is 20.3. The predicted molar refractivity (Wildman–Crippen MR) is 106 cm³/mol. The topological polar surface area (TPSA) is 54.9 Å². The number of guanidine groups is 1. The Morgan fingerprint density at radius 2 is 2.16 bits per heavy atom. The number of hydrogen-bond acceptors (Lipinski definition) is 4. The summed E-state index contributed by atoms with van der Waals surface area (Å²) in [5.41, 5.74) is 0. The van der Waals surface area contributed by atoms with Gasteiger partial charge in [-0.2, -0.15) is 0 Å². The summed E-state index contributed by atoms with van der Waals surface area (Å²) >= 11 is 1.85. The number of nitrogens with one attached hydrogen (secondary N) is 2. The molecule has 2 N–H and O–H groups in total. The monoisotopic (exact) mass is 365 g/mol. The first-order valence-electron chi connectivity index (χ1n) is 9.13. The predicted octanol–water partition coefficient (Wildman–Crippen LogP) is 2.92. The van der Waals surface area contributed by atoms with E-state index in [1.807, 2.05) is 17.8 Å². The first-order valence-corrected chi connectivity index (χ1v) is 10.0. The number of nitrogens with zero attached hydrogens (tertiary/aromatic N) is 1. The van der Waals surface area contributed by atoms with Gasteiger partial charge in [-0.15, -0.1) is 11.8 Å². The third kappa shape index (κ3) is 8.12. The highest BCUT2D eigenvalue weighted by Crippen LogP contribution is 2.22. The molecular weight excluding hydrogens is 334 g/mol. The van der Waals surface area contributed by atoms with Crippen molar-refractivity contribution in [2.75, 3.05) is 32.9 Å². The minimum atomic E-state index is 0.204. The standard InChI is InChI=1S/C19H31N3O2S/c1-4-20-19(22-15(2)13-24-17-10-11-23-14-17)21-12-16(3)25-18-8-6-5-7-9-18/h5-9,15-17H,4,10-14H2,1-3H3,(H2,20,21,22). The van der Waals surface area contributed by atoms with Crippen LogP contribution < -0.4 is 10.6 Å². The van der Waals surface area contributed by atoms with Crippen LogP contribution in [0.5, 0.6) is 0 Å². The summed E-state index contributed by atoms with van der Waals surface area (Å²) < 4.78 is 11.2. The first kappa shape index (κ1) is 20.1. The molecule has 1 heterocycles. The van der Waals surface area contributed by atoms with Gasteiger partial charge in [0.15, 0.2) is 5.96 Å². The molecule has 3 unspecified atom stereocenters. The lowest BCUT2D eigenvalue weighted by Gasteiger charge is -2.20. The van der Waals surface area contributed by atoms with Crippen LogP contribution >= 0.6 is 11.8 Å². The fourth-order valence-electron chi connectivity index (χ4n) is 2.51. The van der Waals surface area contributed by atoms with E-state index in [-0.39, 0.29) is 12.1 Å². The van der Waals surface area contributed by atoms with Gasteiger partial charge in [-0.3, -0.25) is 4.99 Å². The largest absolute Gasteiger partial charge is 0.379 e. The molecule has 0 bridgehead atoms. The molecule has 1 aliphatic heterocycles. The maximum absolute atomic E-state index is 5.87. The van der Waals surface area contributed by atoms with E-state index in [2.05, 4.69) is 55.7 Å². The minimum absolute atomic E-state index is 0.204.